The average molecular weight is 245 g/mol. The van der Waals surface area contributed by atoms with E-state index >= 15 is 0 Å². The summed E-state index contributed by atoms with van der Waals surface area (Å²) in [7, 11) is 1.66. The third-order valence-electron chi connectivity index (χ3n) is 2.46. The van der Waals surface area contributed by atoms with Crippen molar-refractivity contribution in [1.82, 2.24) is 9.97 Å². The summed E-state index contributed by atoms with van der Waals surface area (Å²) in [5.74, 6) is 0. The number of aromatic nitrogens is 2. The van der Waals surface area contributed by atoms with Crippen LogP contribution in [0.4, 0.5) is 5.69 Å². The number of ether oxygens (including phenoxy) is 1. The van der Waals surface area contributed by atoms with Gasteiger partial charge in [-0.25, -0.2) is 9.97 Å². The number of methoxy groups -OCH3 is 1. The van der Waals surface area contributed by atoms with Gasteiger partial charge in [0.25, 0.3) is 0 Å². The number of anilines is 1. The van der Waals surface area contributed by atoms with Gasteiger partial charge in [-0.1, -0.05) is 0 Å². The van der Waals surface area contributed by atoms with Gasteiger partial charge < -0.3 is 10.1 Å². The highest BCUT2D eigenvalue weighted by Gasteiger charge is 2.12. The summed E-state index contributed by atoms with van der Waals surface area (Å²) in [6.45, 7) is 6.90. The first-order valence-electron chi connectivity index (χ1n) is 6.01. The molecule has 0 fully saturated rings. The number of hydrogen-bond donors (Lipinski definition) is 1. The summed E-state index contributed by atoms with van der Waals surface area (Å²) in [6, 6.07) is 5.99. The lowest BCUT2D eigenvalue weighted by Gasteiger charge is -2.23. The van der Waals surface area contributed by atoms with Crippen LogP contribution < -0.4 is 5.32 Å². The van der Waals surface area contributed by atoms with E-state index in [1.165, 1.54) is 0 Å². The van der Waals surface area contributed by atoms with Crippen molar-refractivity contribution >= 4 is 16.7 Å². The molecule has 0 saturated heterocycles. The van der Waals surface area contributed by atoms with E-state index in [1.807, 2.05) is 18.2 Å². The lowest BCUT2D eigenvalue weighted by Crippen LogP contribution is -2.26. The van der Waals surface area contributed by atoms with Crippen LogP contribution in [-0.4, -0.2) is 22.6 Å². The Balaban J connectivity index is 2.44. The minimum atomic E-state index is 0.0134. The molecule has 2 aromatic rings. The Morgan fingerprint density at radius 1 is 1.22 bits per heavy atom. The molecular formula is C14H19N3O. The van der Waals surface area contributed by atoms with E-state index in [-0.39, 0.29) is 5.54 Å². The van der Waals surface area contributed by atoms with Gasteiger partial charge in [0.05, 0.1) is 12.3 Å². The molecule has 2 heterocycles. The molecule has 96 valence electrons. The van der Waals surface area contributed by atoms with Crippen LogP contribution >= 0.6 is 0 Å². The number of fused-ring (bicyclic) bond motifs is 1. The molecule has 0 bridgehead atoms. The molecule has 0 aliphatic heterocycles. The maximum Gasteiger partial charge on any atom is 0.161 e. The van der Waals surface area contributed by atoms with E-state index in [4.69, 9.17) is 4.74 Å². The Labute approximate surface area is 107 Å². The molecule has 0 atom stereocenters. The van der Waals surface area contributed by atoms with E-state index in [0.29, 0.717) is 6.61 Å². The Morgan fingerprint density at radius 3 is 2.67 bits per heavy atom. The highest BCUT2D eigenvalue weighted by atomic mass is 16.5. The second-order valence-electron chi connectivity index (χ2n) is 5.34. The fraction of sp³-hybridized carbons (Fsp3) is 0.429. The number of nitrogens with zero attached hydrogens (tertiary/aromatic N) is 2. The van der Waals surface area contributed by atoms with Gasteiger partial charge in [0, 0.05) is 29.9 Å². The highest BCUT2D eigenvalue weighted by molar-refractivity contribution is 5.88. The van der Waals surface area contributed by atoms with Crippen LogP contribution in [0.3, 0.4) is 0 Å². The standard InChI is InChI=1S/C14H19N3O/c1-14(2,3)17-12-7-8-15-13-11(12)6-5-10(16-13)9-18-4/h5-8H,9H2,1-4H3,(H,15,16,17). The predicted octanol–water partition coefficient (Wildman–Crippen LogP) is 2.99. The summed E-state index contributed by atoms with van der Waals surface area (Å²) < 4.78 is 5.08. The van der Waals surface area contributed by atoms with Crippen molar-refractivity contribution in [3.63, 3.8) is 0 Å². The van der Waals surface area contributed by atoms with E-state index in [2.05, 4.69) is 36.1 Å². The van der Waals surface area contributed by atoms with Crippen LogP contribution in [0.2, 0.25) is 0 Å². The highest BCUT2D eigenvalue weighted by Crippen LogP contribution is 2.23. The van der Waals surface area contributed by atoms with E-state index < -0.39 is 0 Å². The first-order valence-corrected chi connectivity index (χ1v) is 6.01. The molecule has 18 heavy (non-hydrogen) atoms. The quantitative estimate of drug-likeness (QED) is 0.903. The van der Waals surface area contributed by atoms with Crippen LogP contribution in [0.5, 0.6) is 0 Å². The van der Waals surface area contributed by atoms with Crippen LogP contribution in [0.15, 0.2) is 24.4 Å². The SMILES string of the molecule is COCc1ccc2c(NC(C)(C)C)ccnc2n1. The third kappa shape index (κ3) is 2.96. The predicted molar refractivity (Wildman–Crippen MR) is 73.6 cm³/mol. The molecule has 0 unspecified atom stereocenters. The van der Waals surface area contributed by atoms with E-state index in [1.54, 1.807) is 13.3 Å². The van der Waals surface area contributed by atoms with Gasteiger partial charge in [-0.05, 0) is 39.0 Å². The van der Waals surface area contributed by atoms with Gasteiger partial charge in [0.15, 0.2) is 5.65 Å². The zero-order valence-electron chi connectivity index (χ0n) is 11.3. The molecule has 0 spiro atoms. The molecule has 0 aliphatic carbocycles. The van der Waals surface area contributed by atoms with Crippen molar-refractivity contribution in [3.05, 3.63) is 30.1 Å². The molecule has 4 heteroatoms. The van der Waals surface area contributed by atoms with Gasteiger partial charge in [0.2, 0.25) is 0 Å². The Kier molecular flexibility index (Phi) is 3.48. The summed E-state index contributed by atoms with van der Waals surface area (Å²) >= 11 is 0. The first-order chi connectivity index (χ1) is 8.49. The van der Waals surface area contributed by atoms with E-state index in [9.17, 15) is 0 Å². The van der Waals surface area contributed by atoms with Crippen molar-refractivity contribution in [2.45, 2.75) is 32.9 Å². The second kappa shape index (κ2) is 4.90. The molecule has 0 radical (unpaired) electrons. The molecular weight excluding hydrogens is 226 g/mol. The van der Waals surface area contributed by atoms with Crippen molar-refractivity contribution in [1.29, 1.82) is 0 Å². The minimum absolute atomic E-state index is 0.0134. The fourth-order valence-corrected chi connectivity index (χ4v) is 1.81. The van der Waals surface area contributed by atoms with Crippen molar-refractivity contribution < 1.29 is 4.74 Å². The summed E-state index contributed by atoms with van der Waals surface area (Å²) in [6.07, 6.45) is 1.78. The summed E-state index contributed by atoms with van der Waals surface area (Å²) in [5, 5.41) is 4.50. The summed E-state index contributed by atoms with van der Waals surface area (Å²) in [4.78, 5) is 8.79. The molecule has 2 rings (SSSR count). The van der Waals surface area contributed by atoms with Crippen LogP contribution in [-0.2, 0) is 11.3 Å². The van der Waals surface area contributed by atoms with Crippen molar-refractivity contribution in [3.8, 4) is 0 Å². The second-order valence-corrected chi connectivity index (χ2v) is 5.34. The smallest absolute Gasteiger partial charge is 0.161 e. The van der Waals surface area contributed by atoms with E-state index in [0.717, 1.165) is 22.4 Å². The topological polar surface area (TPSA) is 47.0 Å². The van der Waals surface area contributed by atoms with Gasteiger partial charge in [-0.2, -0.15) is 0 Å². The molecule has 4 nitrogen and oxygen atoms in total. The normalized spacial score (nSPS) is 11.8. The lowest BCUT2D eigenvalue weighted by molar-refractivity contribution is 0.182. The van der Waals surface area contributed by atoms with Crippen LogP contribution in [0, 0.1) is 0 Å². The maximum atomic E-state index is 5.08. The third-order valence-corrected chi connectivity index (χ3v) is 2.46. The zero-order chi connectivity index (χ0) is 13.2. The largest absolute Gasteiger partial charge is 0.380 e. The average Bonchev–Trinajstić information content (AvgIpc) is 2.27. The number of pyridine rings is 2. The zero-order valence-corrected chi connectivity index (χ0v) is 11.3. The van der Waals surface area contributed by atoms with Crippen molar-refractivity contribution in [2.75, 3.05) is 12.4 Å². The monoisotopic (exact) mass is 245 g/mol. The lowest BCUT2D eigenvalue weighted by atomic mass is 10.1. The van der Waals surface area contributed by atoms with Gasteiger partial charge in [0.1, 0.15) is 0 Å². The van der Waals surface area contributed by atoms with Crippen LogP contribution in [0.1, 0.15) is 26.5 Å². The van der Waals surface area contributed by atoms with Gasteiger partial charge in [-0.15, -0.1) is 0 Å². The summed E-state index contributed by atoms with van der Waals surface area (Å²) in [5.41, 5.74) is 2.72. The molecule has 2 aromatic heterocycles. The Hall–Kier alpha value is -1.68. The molecule has 0 amide bonds. The number of nitrogens with one attached hydrogen (secondary N) is 1. The number of hydrogen-bond acceptors (Lipinski definition) is 4. The molecule has 1 N–H and O–H groups in total. The molecule has 0 saturated carbocycles. The molecule has 0 aliphatic rings. The minimum Gasteiger partial charge on any atom is -0.380 e. The first kappa shape index (κ1) is 12.8. The van der Waals surface area contributed by atoms with Crippen molar-refractivity contribution in [2.24, 2.45) is 0 Å². The maximum absolute atomic E-state index is 5.08. The number of rotatable bonds is 3. The van der Waals surface area contributed by atoms with Gasteiger partial charge >= 0.3 is 0 Å². The Morgan fingerprint density at radius 2 is 2.00 bits per heavy atom. The molecule has 0 aromatic carbocycles. The Bertz CT molecular complexity index is 546. The fourth-order valence-electron chi connectivity index (χ4n) is 1.81. The van der Waals surface area contributed by atoms with Crippen LogP contribution in [0.25, 0.3) is 11.0 Å². The van der Waals surface area contributed by atoms with Gasteiger partial charge in [-0.3, -0.25) is 0 Å².